The predicted molar refractivity (Wildman–Crippen MR) is 213 cm³/mol. The first-order chi connectivity index (χ1) is 26.8. The molecule has 1 unspecified atom stereocenters. The number of nitrogens with zero attached hydrogens (tertiary/aromatic N) is 5. The number of aromatic nitrogens is 3. The van der Waals surface area contributed by atoms with Gasteiger partial charge in [-0.1, -0.05) is 12.1 Å². The van der Waals surface area contributed by atoms with Crippen molar-refractivity contribution in [2.45, 2.75) is 115 Å². The maximum absolute atomic E-state index is 14.4. The summed E-state index contributed by atoms with van der Waals surface area (Å²) in [5.74, 6) is 1.28. The van der Waals surface area contributed by atoms with Crippen LogP contribution in [-0.2, 0) is 29.2 Å². The number of nitrogens with two attached hydrogens (primary N) is 1. The van der Waals surface area contributed by atoms with Gasteiger partial charge < -0.3 is 29.8 Å². The number of pyridine rings is 1. The maximum Gasteiger partial charge on any atom is 0.251 e. The summed E-state index contributed by atoms with van der Waals surface area (Å²) in [6.45, 7) is 12.9. The summed E-state index contributed by atoms with van der Waals surface area (Å²) < 4.78 is 34.4. The van der Waals surface area contributed by atoms with Gasteiger partial charge in [-0.15, -0.1) is 0 Å². The first-order valence-corrected chi connectivity index (χ1v) is 20.1. The first-order valence-electron chi connectivity index (χ1n) is 20.1. The van der Waals surface area contributed by atoms with Gasteiger partial charge in [0.15, 0.2) is 0 Å². The first kappa shape index (κ1) is 39.8. The lowest BCUT2D eigenvalue weighted by molar-refractivity contribution is -0.0593. The number of nitrogens with one attached hydrogen (secondary N) is 1. The average molecular weight is 766 g/mol. The Morgan fingerprint density at radius 1 is 1.05 bits per heavy atom. The standard InChI is InChI=1S/C44H56FN7O4/c1-42(2,29-56-43(3,4)28-47)50-41(53)32-10-11-37-38(23-32)52(25-34-14-21-54-34)39(48-37)26-51-19-17-44(18-20-51)15-12-31(13-16-44)36-6-5-7-40(49-36)55-27-33-9-8-30(24-46)22-35(33)45/h5-11,22-23,31,34H,12-21,25-29,47H2,1-4H3,(H,50,53). The third-order valence-corrected chi connectivity index (χ3v) is 12.1. The quantitative estimate of drug-likeness (QED) is 0.139. The minimum atomic E-state index is -0.580. The predicted octanol–water partition coefficient (Wildman–Crippen LogP) is 7.01. The normalized spacial score (nSPS) is 19.1. The van der Waals surface area contributed by atoms with E-state index in [9.17, 15) is 9.18 Å². The Labute approximate surface area is 329 Å². The molecular weight excluding hydrogens is 710 g/mol. The summed E-state index contributed by atoms with van der Waals surface area (Å²) >= 11 is 0. The van der Waals surface area contributed by atoms with Gasteiger partial charge in [0.2, 0.25) is 5.88 Å². The van der Waals surface area contributed by atoms with E-state index in [0.29, 0.717) is 41.5 Å². The fraction of sp³-hybridized carbons (Fsp3) is 0.545. The summed E-state index contributed by atoms with van der Waals surface area (Å²) in [4.78, 5) is 26.0. The molecule has 1 amide bonds. The summed E-state index contributed by atoms with van der Waals surface area (Å²) in [7, 11) is 0. The monoisotopic (exact) mass is 765 g/mol. The molecule has 4 heterocycles. The van der Waals surface area contributed by atoms with Crippen LogP contribution in [0.15, 0.2) is 54.6 Å². The van der Waals surface area contributed by atoms with Crippen LogP contribution in [0, 0.1) is 22.6 Å². The van der Waals surface area contributed by atoms with E-state index in [1.165, 1.54) is 18.9 Å². The van der Waals surface area contributed by atoms with Gasteiger partial charge in [0.05, 0.1) is 59.6 Å². The highest BCUT2D eigenvalue weighted by Crippen LogP contribution is 2.49. The lowest BCUT2D eigenvalue weighted by Crippen LogP contribution is -2.49. The van der Waals surface area contributed by atoms with E-state index < -0.39 is 17.0 Å². The molecule has 12 heteroatoms. The van der Waals surface area contributed by atoms with Crippen molar-refractivity contribution in [2.24, 2.45) is 11.1 Å². The number of fused-ring (bicyclic) bond motifs is 1. The number of piperidine rings is 1. The molecule has 0 bridgehead atoms. The zero-order valence-electron chi connectivity index (χ0n) is 33.3. The molecule has 1 atom stereocenters. The Hall–Kier alpha value is -4.41. The van der Waals surface area contributed by atoms with Crippen LogP contribution in [0.1, 0.15) is 112 Å². The number of likely N-dealkylation sites (tertiary alicyclic amines) is 1. The highest BCUT2D eigenvalue weighted by atomic mass is 19.1. The number of amides is 1. The smallest absolute Gasteiger partial charge is 0.251 e. The number of ether oxygens (including phenoxy) is 3. The Balaban J connectivity index is 0.953. The largest absolute Gasteiger partial charge is 0.473 e. The number of nitriles is 1. The Morgan fingerprint density at radius 2 is 1.82 bits per heavy atom. The third-order valence-electron chi connectivity index (χ3n) is 12.1. The third kappa shape index (κ3) is 9.40. The van der Waals surface area contributed by atoms with E-state index in [0.717, 1.165) is 87.4 Å². The minimum Gasteiger partial charge on any atom is -0.473 e. The molecule has 2 aliphatic heterocycles. The van der Waals surface area contributed by atoms with E-state index in [4.69, 9.17) is 35.2 Å². The molecule has 3 aliphatic rings. The number of carbonyl (C=O) groups is 1. The van der Waals surface area contributed by atoms with Gasteiger partial charge >= 0.3 is 0 Å². The second-order valence-electron chi connectivity index (χ2n) is 17.4. The molecule has 56 heavy (non-hydrogen) atoms. The van der Waals surface area contributed by atoms with E-state index in [-0.39, 0.29) is 24.2 Å². The second-order valence-corrected chi connectivity index (χ2v) is 17.4. The number of hydrogen-bond acceptors (Lipinski definition) is 9. The van der Waals surface area contributed by atoms with Crippen LogP contribution >= 0.6 is 0 Å². The van der Waals surface area contributed by atoms with Gasteiger partial charge in [-0.2, -0.15) is 5.26 Å². The van der Waals surface area contributed by atoms with Crippen molar-refractivity contribution in [3.63, 3.8) is 0 Å². The highest BCUT2D eigenvalue weighted by Gasteiger charge is 2.39. The molecular formula is C44H56FN7O4. The molecule has 1 spiro atoms. The fourth-order valence-corrected chi connectivity index (χ4v) is 8.16. The topological polar surface area (TPSA) is 141 Å². The number of hydrogen-bond donors (Lipinski definition) is 2. The SMILES string of the molecule is CC(C)(COC(C)(C)CN)NC(=O)c1ccc2nc(CN3CCC4(CCC(c5cccc(OCc6ccc(C#N)cc6F)n5)CC4)CC3)n(CC3CCO3)c2c1. The molecule has 7 rings (SSSR count). The fourth-order valence-electron chi connectivity index (χ4n) is 8.16. The molecule has 11 nitrogen and oxygen atoms in total. The van der Waals surface area contributed by atoms with Gasteiger partial charge in [0, 0.05) is 42.0 Å². The van der Waals surface area contributed by atoms with Crippen molar-refractivity contribution in [1.29, 1.82) is 5.26 Å². The maximum atomic E-state index is 14.4. The lowest BCUT2D eigenvalue weighted by Gasteiger charge is -2.46. The molecule has 4 aromatic rings. The van der Waals surface area contributed by atoms with Gasteiger partial charge in [0.1, 0.15) is 18.2 Å². The summed E-state index contributed by atoms with van der Waals surface area (Å²) in [5.41, 5.74) is 9.30. The van der Waals surface area contributed by atoms with E-state index >= 15 is 0 Å². The van der Waals surface area contributed by atoms with Gasteiger partial charge in [0.25, 0.3) is 5.91 Å². The van der Waals surface area contributed by atoms with E-state index in [1.807, 2.05) is 64.1 Å². The Kier molecular flexibility index (Phi) is 11.8. The molecule has 1 aliphatic carbocycles. The molecule has 298 valence electrons. The molecule has 3 fully saturated rings. The van der Waals surface area contributed by atoms with Crippen molar-refractivity contribution < 1.29 is 23.4 Å². The van der Waals surface area contributed by atoms with Gasteiger partial charge in [-0.25, -0.2) is 14.4 Å². The molecule has 2 aromatic heterocycles. The molecule has 2 saturated heterocycles. The van der Waals surface area contributed by atoms with Crippen LogP contribution in [0.3, 0.4) is 0 Å². The number of carbonyl (C=O) groups excluding carboxylic acids is 1. The van der Waals surface area contributed by atoms with Gasteiger partial charge in [-0.3, -0.25) is 9.69 Å². The average Bonchev–Trinajstić information content (AvgIpc) is 3.51. The molecule has 2 aromatic carbocycles. The van der Waals surface area contributed by atoms with Crippen molar-refractivity contribution in [2.75, 3.05) is 32.8 Å². The van der Waals surface area contributed by atoms with Crippen LogP contribution in [0.4, 0.5) is 4.39 Å². The van der Waals surface area contributed by atoms with Crippen LogP contribution < -0.4 is 15.8 Å². The lowest BCUT2D eigenvalue weighted by atomic mass is 9.65. The number of imidazole rings is 1. The van der Waals surface area contributed by atoms with Gasteiger partial charge in [-0.05, 0) is 128 Å². The van der Waals surface area contributed by atoms with Crippen LogP contribution in [0.2, 0.25) is 0 Å². The van der Waals surface area contributed by atoms with Crippen LogP contribution in [-0.4, -0.2) is 75.4 Å². The van der Waals surface area contributed by atoms with Crippen LogP contribution in [0.5, 0.6) is 5.88 Å². The number of rotatable bonds is 14. The Bertz CT molecular complexity index is 2050. The zero-order chi connectivity index (χ0) is 39.5. The second kappa shape index (κ2) is 16.6. The van der Waals surface area contributed by atoms with Crippen LogP contribution in [0.25, 0.3) is 11.0 Å². The summed E-state index contributed by atoms with van der Waals surface area (Å²) in [6, 6.07) is 18.0. The molecule has 0 radical (unpaired) electrons. The summed E-state index contributed by atoms with van der Waals surface area (Å²) in [5, 5.41) is 12.2. The molecule has 3 N–H and O–H groups in total. The van der Waals surface area contributed by atoms with Crippen molar-refractivity contribution in [1.82, 2.24) is 24.8 Å². The van der Waals surface area contributed by atoms with E-state index in [2.05, 4.69) is 20.9 Å². The van der Waals surface area contributed by atoms with Crippen molar-refractivity contribution in [3.05, 3.63) is 88.6 Å². The Morgan fingerprint density at radius 3 is 2.50 bits per heavy atom. The highest BCUT2D eigenvalue weighted by molar-refractivity contribution is 5.97. The number of benzene rings is 2. The number of halogens is 1. The summed E-state index contributed by atoms with van der Waals surface area (Å²) in [6.07, 6.45) is 8.00. The van der Waals surface area contributed by atoms with E-state index in [1.54, 1.807) is 12.1 Å². The minimum absolute atomic E-state index is 0.0604. The van der Waals surface area contributed by atoms with Crippen molar-refractivity contribution >= 4 is 16.9 Å². The van der Waals surface area contributed by atoms with Crippen molar-refractivity contribution in [3.8, 4) is 11.9 Å². The molecule has 1 saturated carbocycles. The zero-order valence-corrected chi connectivity index (χ0v) is 33.3.